The number of benzene rings is 5. The van der Waals surface area contributed by atoms with E-state index in [4.69, 9.17) is 63.6 Å². The van der Waals surface area contributed by atoms with Crippen molar-refractivity contribution < 1.29 is 193 Å². The van der Waals surface area contributed by atoms with Gasteiger partial charge in [-0.3, -0.25) is 28.9 Å². The fourth-order valence-corrected chi connectivity index (χ4v) is 18.2. The summed E-state index contributed by atoms with van der Waals surface area (Å²) in [7, 11) is -4.75. The van der Waals surface area contributed by atoms with Crippen LogP contribution >= 0.6 is 22.7 Å². The third kappa shape index (κ3) is 25.8. The van der Waals surface area contributed by atoms with Gasteiger partial charge in [0, 0.05) is 82.8 Å². The predicted molar refractivity (Wildman–Crippen MR) is 433 cm³/mol. The van der Waals surface area contributed by atoms with Crippen LogP contribution in [0.1, 0.15) is 97.5 Å². The molecule has 8 aromatic rings. The van der Waals surface area contributed by atoms with E-state index in [1.54, 1.807) is 46.5 Å². The molecule has 1 fully saturated rings. The molecule has 3 aromatic heterocycles. The van der Waals surface area contributed by atoms with Crippen molar-refractivity contribution in [3.05, 3.63) is 209 Å². The van der Waals surface area contributed by atoms with Crippen LogP contribution in [-0.2, 0) is 138 Å². The summed E-state index contributed by atoms with van der Waals surface area (Å²) in [5, 5.41) is 55.7. The molecule has 43 heteroatoms. The first kappa shape index (κ1) is 97.8. The van der Waals surface area contributed by atoms with Crippen molar-refractivity contribution >= 4 is 83.3 Å². The molecule has 5 aliphatic heterocycles. The van der Waals surface area contributed by atoms with Gasteiger partial charge in [-0.2, -0.15) is 12.8 Å². The van der Waals surface area contributed by atoms with Crippen LogP contribution in [0, 0.1) is 6.42 Å². The summed E-state index contributed by atoms with van der Waals surface area (Å²) < 4.78 is 159. The fourth-order valence-electron chi connectivity index (χ4n) is 14.6. The monoisotopic (exact) mass is 1830 g/mol. The van der Waals surface area contributed by atoms with Gasteiger partial charge < -0.3 is 102 Å². The van der Waals surface area contributed by atoms with Crippen molar-refractivity contribution in [3.63, 3.8) is 0 Å². The van der Waals surface area contributed by atoms with Gasteiger partial charge >= 0.3 is 80.1 Å². The Kier molecular flexibility index (Phi) is 35.0. The topological polar surface area (TPSA) is 463 Å². The zero-order valence-electron chi connectivity index (χ0n) is 68.9. The Morgan fingerprint density at radius 1 is 0.685 bits per heavy atom. The number of aliphatic hydroxyl groups excluding tert-OH is 4. The number of carbonyl (C=O) groups is 5. The number of likely N-dealkylation sites (N-methyl/N-ethyl adjacent to an activating group) is 1. The second kappa shape index (κ2) is 44.4. The second-order valence-corrected chi connectivity index (χ2v) is 34.9. The first-order chi connectivity index (χ1) is 58.3. The van der Waals surface area contributed by atoms with E-state index >= 15 is 0 Å². The minimum absolute atomic E-state index is 0. The van der Waals surface area contributed by atoms with Gasteiger partial charge in [-0.1, -0.05) is 10.8 Å². The minimum atomic E-state index is -5.12. The van der Waals surface area contributed by atoms with Crippen molar-refractivity contribution in [1.29, 1.82) is 0 Å². The van der Waals surface area contributed by atoms with Crippen LogP contribution in [0.4, 0.5) is 0 Å². The first-order valence-electron chi connectivity index (χ1n) is 38.4. The maximum absolute atomic E-state index is 14.5. The number of quaternary nitrogens is 1. The molecule has 0 spiro atoms. The van der Waals surface area contributed by atoms with Crippen LogP contribution in [0.2, 0.25) is 0 Å². The van der Waals surface area contributed by atoms with E-state index in [1.165, 1.54) is 83.7 Å². The second-order valence-electron chi connectivity index (χ2n) is 29.7. The van der Waals surface area contributed by atoms with Crippen LogP contribution in [-0.4, -0.2) is 248 Å². The van der Waals surface area contributed by atoms with Gasteiger partial charge in [0.15, 0.2) is 34.5 Å². The van der Waals surface area contributed by atoms with Crippen LogP contribution in [0.15, 0.2) is 126 Å². The molecule has 5 aliphatic rings. The van der Waals surface area contributed by atoms with E-state index in [0.29, 0.717) is 76.5 Å². The Bertz CT molecular complexity index is 5480. The van der Waals surface area contributed by atoms with Gasteiger partial charge in [0.05, 0.1) is 115 Å². The van der Waals surface area contributed by atoms with E-state index < -0.39 is 103 Å². The van der Waals surface area contributed by atoms with E-state index in [-0.39, 0.29) is 191 Å². The molecule has 0 radical (unpaired) electrons. The summed E-state index contributed by atoms with van der Waals surface area (Å²) in [6.07, 6.45) is -0.418. The van der Waals surface area contributed by atoms with Gasteiger partial charge in [0.2, 0.25) is 6.29 Å². The van der Waals surface area contributed by atoms with Gasteiger partial charge in [0.1, 0.15) is 62.2 Å². The van der Waals surface area contributed by atoms with E-state index in [1.807, 2.05) is 61.3 Å². The van der Waals surface area contributed by atoms with Crippen molar-refractivity contribution in [2.45, 2.75) is 127 Å². The Balaban J connectivity index is 0.00000262. The van der Waals surface area contributed by atoms with Crippen LogP contribution in [0.3, 0.4) is 0 Å². The van der Waals surface area contributed by atoms with Crippen molar-refractivity contribution in [3.8, 4) is 40.2 Å². The van der Waals surface area contributed by atoms with Crippen molar-refractivity contribution in [2.24, 2.45) is 0 Å². The molecule has 654 valence electrons. The molecule has 5 aromatic carbocycles. The molecule has 8 heterocycles. The number of aromatic nitrogens is 3. The summed E-state index contributed by atoms with van der Waals surface area (Å²) in [6.45, 7) is 1.91. The summed E-state index contributed by atoms with van der Waals surface area (Å²) in [5.41, 5.74) is 7.10. The number of imide groups is 1. The summed E-state index contributed by atoms with van der Waals surface area (Å²) in [6, 6.07) is 25.2. The van der Waals surface area contributed by atoms with E-state index in [2.05, 4.69) is 22.0 Å². The Labute approximate surface area is 769 Å². The third-order valence-electron chi connectivity index (χ3n) is 20.6. The number of methoxy groups -OCH3 is 2. The molecule has 0 bridgehead atoms. The average molecular weight is 1830 g/mol. The molecule has 36 nitrogen and oxygen atoms in total. The molecule has 0 saturated carbocycles. The number of carbonyl (C=O) groups excluding carboxylic acids is 5. The number of nitrogens with zero attached hydrogens (tertiary/aromatic N) is 7. The SMILES string of the molecule is COc1cc2c(cc1OCc1cc(COc3cc4c(cc3OC)C(=O)N3Cc5ccsc5C[C@H]3C(S(=O)(=O)[O-])C4)cc(C[N+](C)(C)Cc3ccc(OS(=O)(=O)Oc4cc(C(=O)N(C)CCOCCn5cc(COCCOCCN6C(=O)C=CC6=O)nn5)ccc4OC4O[C@H](CO)[C@H](O)[C@H](O)[C@H]4O)cc3)c1)C[CH-]CCc1sccc1CNC2=O.O=S(=O)=O.[Na+].[Na+]. The smallest absolute Gasteiger partial charge is 0.748 e. The average Bonchev–Trinajstić information content (AvgIpc) is 1.61. The number of fused-ring (bicyclic) bond motifs is 5. The van der Waals surface area contributed by atoms with Crippen molar-refractivity contribution in [1.82, 2.24) is 35.0 Å². The van der Waals surface area contributed by atoms with Gasteiger partial charge in [-0.15, -0.1) is 48.8 Å². The first-order valence-corrected chi connectivity index (χ1v) is 44.0. The molecule has 5 N–H and O–H groups in total. The molecule has 7 atom stereocenters. The third-order valence-corrected chi connectivity index (χ3v) is 24.6. The minimum Gasteiger partial charge on any atom is -0.748 e. The summed E-state index contributed by atoms with van der Waals surface area (Å²) in [5.74, 6) is -2.14. The number of hydrogen-bond acceptors (Lipinski definition) is 32. The molecule has 5 amide bonds. The largest absolute Gasteiger partial charge is 1.00 e. The number of rotatable bonds is 35. The number of aliphatic hydroxyl groups is 4. The zero-order chi connectivity index (χ0) is 87.2. The molecule has 13 rings (SSSR count). The number of aryl methyl sites for hydroxylation is 1. The molecular weight excluding hydrogens is 1740 g/mol. The number of nitrogens with one attached hydrogen (secondary N) is 1. The van der Waals surface area contributed by atoms with Gasteiger partial charge in [-0.25, -0.2) is 13.1 Å². The van der Waals surface area contributed by atoms with Gasteiger partial charge in [0.25, 0.3) is 29.5 Å². The van der Waals surface area contributed by atoms with Crippen LogP contribution in [0.5, 0.6) is 40.2 Å². The quantitative estimate of drug-likeness (QED) is 0.00726. The summed E-state index contributed by atoms with van der Waals surface area (Å²) in [4.78, 5) is 71.7. The van der Waals surface area contributed by atoms with Gasteiger partial charge in [-0.05, 0) is 148 Å². The maximum Gasteiger partial charge on any atom is 1.00 e. The Morgan fingerprint density at radius 3 is 1.99 bits per heavy atom. The number of ether oxygens (including phenoxy) is 9. The Morgan fingerprint density at radius 2 is 1.31 bits per heavy atom. The normalized spacial score (nSPS) is 18.8. The predicted octanol–water partition coefficient (Wildman–Crippen LogP) is -1.85. The van der Waals surface area contributed by atoms with Crippen molar-refractivity contribution in [2.75, 3.05) is 88.1 Å². The molecule has 1 saturated heterocycles. The standard InChI is InChI=1S/C81H92N8O25S4.2Na.O3S/c1-85(20-23-106-24-21-86-42-58(83-84-86)48-108-27-26-107-25-22-87-73(91)16-17-74(87)92)79(97)54-12-15-63(111-81-77(95)76(94)75(93)69(45-90)112-81)68(34-54)114-118(102,103)113-59-13-10-49(11-14-59)43-89(2,3)44-50-30-51(46-109-66-33-53-8-6-7-9-70-55(18-28-115-70)40-82-78(96)60(53)37-64(66)104-4)32-52(31-50)47-110-67-35-57-36-72(117(99,100)101)62-39-71-56(19-29-116-71)41-88(62)80(98)61(57)38-65(67)105-5;;;1-4(2)3/h6,10-19,28-35,37-38,42,62,69,72,75-77,81,90,93-95H,7-9,20-27,36,39-41,43-48H2,1-5H3,(H,82,96)(H,99,100,101);;;/q;2*+1;/p-1/t62-,69+,72?,75-,76-,77+,81?;;;/m0.../s1. The number of hydrogen-bond donors (Lipinski definition) is 5. The molecular formula is C81H91N8Na2O28S5+. The number of thiophene rings is 2. The zero-order valence-corrected chi connectivity index (χ0v) is 76.9. The fraction of sp³-hybridized carbons (Fsp3) is 0.407. The van der Waals surface area contributed by atoms with E-state index in [9.17, 15) is 65.8 Å². The molecule has 0 aliphatic carbocycles. The van der Waals surface area contributed by atoms with Crippen LogP contribution < -0.4 is 96.5 Å². The Hall–Kier alpha value is -8.35. The van der Waals surface area contributed by atoms with Crippen LogP contribution in [0.25, 0.3) is 0 Å². The molecule has 2 unspecified atom stereocenters. The number of amides is 5. The van der Waals surface area contributed by atoms with E-state index in [0.717, 1.165) is 62.6 Å². The maximum atomic E-state index is 14.5. The molecule has 124 heavy (non-hydrogen) atoms. The summed E-state index contributed by atoms with van der Waals surface area (Å²) >= 11 is 3.12.